The molecule has 0 bridgehead atoms. The van der Waals surface area contributed by atoms with E-state index in [1.54, 1.807) is 5.38 Å². The maximum absolute atomic E-state index is 11.9. The third kappa shape index (κ3) is 8.34. The van der Waals surface area contributed by atoms with Crippen molar-refractivity contribution in [2.45, 2.75) is 25.1 Å². The van der Waals surface area contributed by atoms with Gasteiger partial charge < -0.3 is 10.5 Å². The first kappa shape index (κ1) is 18.3. The van der Waals surface area contributed by atoms with Gasteiger partial charge in [-0.25, -0.2) is 13.4 Å². The van der Waals surface area contributed by atoms with E-state index >= 15 is 0 Å². The van der Waals surface area contributed by atoms with Gasteiger partial charge in [0.15, 0.2) is 0 Å². The molecule has 0 aliphatic rings. The van der Waals surface area contributed by atoms with Gasteiger partial charge in [0.1, 0.15) is 16.4 Å². The molecule has 1 atom stereocenters. The van der Waals surface area contributed by atoms with Crippen LogP contribution in [0.1, 0.15) is 23.2 Å². The van der Waals surface area contributed by atoms with Crippen LogP contribution < -0.4 is 5.73 Å². The first-order chi connectivity index (χ1) is 9.57. The third-order valence-corrected chi connectivity index (χ3v) is 4.38. The summed E-state index contributed by atoms with van der Waals surface area (Å²) in [6, 6.07) is -0.499. The van der Waals surface area contributed by atoms with E-state index in [2.05, 4.69) is 9.72 Å². The second-order valence-electron chi connectivity index (χ2n) is 4.61. The van der Waals surface area contributed by atoms with E-state index in [-0.39, 0.29) is 25.2 Å². The predicted octanol–water partition coefficient (Wildman–Crippen LogP) is 1.70. The lowest BCUT2D eigenvalue weighted by Crippen LogP contribution is -2.18. The van der Waals surface area contributed by atoms with Crippen LogP contribution in [0.15, 0.2) is 5.38 Å². The highest BCUT2D eigenvalue weighted by Gasteiger charge is 2.27. The van der Waals surface area contributed by atoms with E-state index in [0.29, 0.717) is 10.7 Å². The van der Waals surface area contributed by atoms with Crippen LogP contribution in [0.25, 0.3) is 0 Å². The Balaban J connectivity index is 2.39. The number of alkyl halides is 3. The van der Waals surface area contributed by atoms with Crippen molar-refractivity contribution in [3.8, 4) is 0 Å². The summed E-state index contributed by atoms with van der Waals surface area (Å²) in [4.78, 5) is 4.18. The molecule has 122 valence electrons. The molecule has 21 heavy (non-hydrogen) atoms. The van der Waals surface area contributed by atoms with E-state index in [0.717, 1.165) is 6.26 Å². The fraction of sp³-hybridized carbons (Fsp3) is 0.727. The Morgan fingerprint density at radius 2 is 2.14 bits per heavy atom. The molecule has 1 rings (SSSR count). The number of thiazole rings is 1. The lowest BCUT2D eigenvalue weighted by Gasteiger charge is -2.07. The molecule has 1 unspecified atom stereocenters. The molecule has 0 saturated carbocycles. The largest absolute Gasteiger partial charge is 0.411 e. The molecule has 0 radical (unpaired) electrons. The van der Waals surface area contributed by atoms with E-state index in [1.807, 2.05) is 0 Å². The van der Waals surface area contributed by atoms with E-state index in [9.17, 15) is 21.6 Å². The van der Waals surface area contributed by atoms with Crippen LogP contribution in [0.3, 0.4) is 0 Å². The molecule has 0 fully saturated rings. The molecule has 0 amide bonds. The Morgan fingerprint density at radius 3 is 2.71 bits per heavy atom. The zero-order valence-electron chi connectivity index (χ0n) is 11.4. The molecule has 2 N–H and O–H groups in total. The first-order valence-electron chi connectivity index (χ1n) is 6.09. The number of ether oxygens (including phenoxy) is 1. The summed E-state index contributed by atoms with van der Waals surface area (Å²) in [5.74, 6) is -0.0320. The average Bonchev–Trinajstić information content (AvgIpc) is 2.78. The van der Waals surface area contributed by atoms with Crippen molar-refractivity contribution in [2.24, 2.45) is 5.73 Å². The molecular formula is C11H17F3N2O3S2. The molecule has 0 spiro atoms. The van der Waals surface area contributed by atoms with Crippen LogP contribution in [0.4, 0.5) is 13.2 Å². The summed E-state index contributed by atoms with van der Waals surface area (Å²) in [6.45, 7) is -1.36. The Labute approximate surface area is 125 Å². The summed E-state index contributed by atoms with van der Waals surface area (Å²) in [7, 11) is -3.08. The van der Waals surface area contributed by atoms with Crippen molar-refractivity contribution in [1.82, 2.24) is 4.98 Å². The SMILES string of the molecule is CS(=O)(=O)CCC(N)c1csc(CCOCC(F)(F)F)n1. The fourth-order valence-electron chi connectivity index (χ4n) is 1.45. The second-order valence-corrected chi connectivity index (χ2v) is 7.81. The molecule has 0 aliphatic heterocycles. The maximum atomic E-state index is 11.9. The average molecular weight is 346 g/mol. The van der Waals surface area contributed by atoms with Gasteiger partial charge in [-0.3, -0.25) is 0 Å². The number of hydrogen-bond donors (Lipinski definition) is 1. The molecule has 0 saturated heterocycles. The molecule has 0 aliphatic carbocycles. The van der Waals surface area contributed by atoms with Gasteiger partial charge in [-0.05, 0) is 6.42 Å². The summed E-state index contributed by atoms with van der Waals surface area (Å²) < 4.78 is 62.2. The van der Waals surface area contributed by atoms with Crippen molar-refractivity contribution < 1.29 is 26.3 Å². The summed E-state index contributed by atoms with van der Waals surface area (Å²) in [5, 5.41) is 2.30. The van der Waals surface area contributed by atoms with Gasteiger partial charge in [-0.1, -0.05) is 0 Å². The van der Waals surface area contributed by atoms with Crippen molar-refractivity contribution in [3.63, 3.8) is 0 Å². The lowest BCUT2D eigenvalue weighted by molar-refractivity contribution is -0.173. The number of nitrogens with zero attached hydrogens (tertiary/aromatic N) is 1. The van der Waals surface area contributed by atoms with E-state index in [4.69, 9.17) is 5.73 Å². The normalized spacial score (nSPS) is 14.3. The zero-order chi connectivity index (χ0) is 16.1. The first-order valence-corrected chi connectivity index (χ1v) is 9.03. The predicted molar refractivity (Wildman–Crippen MR) is 73.9 cm³/mol. The molecule has 1 heterocycles. The van der Waals surface area contributed by atoms with Gasteiger partial charge in [0.2, 0.25) is 0 Å². The van der Waals surface area contributed by atoms with Gasteiger partial charge in [0, 0.05) is 24.1 Å². The minimum Gasteiger partial charge on any atom is -0.372 e. The van der Waals surface area contributed by atoms with Crippen LogP contribution in [0.2, 0.25) is 0 Å². The Morgan fingerprint density at radius 1 is 1.48 bits per heavy atom. The quantitative estimate of drug-likeness (QED) is 0.725. The molecule has 0 aromatic carbocycles. The number of aromatic nitrogens is 1. The van der Waals surface area contributed by atoms with Crippen molar-refractivity contribution in [3.05, 3.63) is 16.1 Å². The second kappa shape index (κ2) is 7.52. The molecule has 1 aromatic rings. The van der Waals surface area contributed by atoms with Crippen molar-refractivity contribution >= 4 is 21.2 Å². The van der Waals surface area contributed by atoms with Crippen LogP contribution in [0.5, 0.6) is 0 Å². The minimum atomic E-state index is -4.33. The Kier molecular flexibility index (Phi) is 6.57. The van der Waals surface area contributed by atoms with Gasteiger partial charge in [0.25, 0.3) is 0 Å². The number of hydrogen-bond acceptors (Lipinski definition) is 6. The van der Waals surface area contributed by atoms with Gasteiger partial charge in [0.05, 0.1) is 23.1 Å². The summed E-state index contributed by atoms with van der Waals surface area (Å²) >= 11 is 1.27. The van der Waals surface area contributed by atoms with Crippen LogP contribution in [-0.2, 0) is 21.0 Å². The van der Waals surface area contributed by atoms with Crippen molar-refractivity contribution in [1.29, 1.82) is 0 Å². The number of halogens is 3. The zero-order valence-corrected chi connectivity index (χ0v) is 13.0. The Bertz CT molecular complexity index is 543. The standard InChI is InChI=1S/C11H17F3N2O3S2/c1-21(17,18)5-3-8(15)9-6-20-10(16-9)2-4-19-7-11(12,13)14/h6,8H,2-5,7,15H2,1H3. The lowest BCUT2D eigenvalue weighted by atomic mass is 10.2. The molecule has 10 heteroatoms. The molecule has 1 aromatic heterocycles. The highest BCUT2D eigenvalue weighted by atomic mass is 32.2. The van der Waals surface area contributed by atoms with Crippen LogP contribution in [-0.4, -0.2) is 44.8 Å². The fourth-order valence-corrected chi connectivity index (χ4v) is 2.97. The third-order valence-electron chi connectivity index (χ3n) is 2.48. The van der Waals surface area contributed by atoms with Crippen molar-refractivity contribution in [2.75, 3.05) is 25.2 Å². The molecular weight excluding hydrogens is 329 g/mol. The topological polar surface area (TPSA) is 82.3 Å². The number of nitrogens with two attached hydrogens (primary N) is 1. The maximum Gasteiger partial charge on any atom is 0.411 e. The van der Waals surface area contributed by atoms with Crippen LogP contribution >= 0.6 is 11.3 Å². The van der Waals surface area contributed by atoms with Gasteiger partial charge >= 0.3 is 6.18 Å². The summed E-state index contributed by atoms with van der Waals surface area (Å²) in [5.41, 5.74) is 6.38. The van der Waals surface area contributed by atoms with Crippen LogP contribution in [0, 0.1) is 0 Å². The van der Waals surface area contributed by atoms with Gasteiger partial charge in [-0.2, -0.15) is 13.2 Å². The number of rotatable bonds is 8. The van der Waals surface area contributed by atoms with E-state index in [1.165, 1.54) is 11.3 Å². The highest BCUT2D eigenvalue weighted by Crippen LogP contribution is 2.19. The van der Waals surface area contributed by atoms with E-state index < -0.39 is 28.7 Å². The highest BCUT2D eigenvalue weighted by molar-refractivity contribution is 7.90. The monoisotopic (exact) mass is 346 g/mol. The summed E-state index contributed by atoms with van der Waals surface area (Å²) in [6.07, 6.45) is -2.68. The smallest absolute Gasteiger partial charge is 0.372 e. The number of sulfone groups is 1. The van der Waals surface area contributed by atoms with Gasteiger partial charge in [-0.15, -0.1) is 11.3 Å². The molecule has 5 nitrogen and oxygen atoms in total. The minimum absolute atomic E-state index is 0.0320. The Hall–Kier alpha value is -0.710.